The molecule has 1 saturated heterocycles. The first-order valence-electron chi connectivity index (χ1n) is 8.30. The predicted octanol–water partition coefficient (Wildman–Crippen LogP) is 2.17. The molecule has 8 heteroatoms. The van der Waals surface area contributed by atoms with Crippen LogP contribution in [0, 0.1) is 0 Å². The first kappa shape index (κ1) is 15.8. The SMILES string of the molecule is OC(Nc1ccccn1)c1cnc2ccc(N3CCC[C@H](F)C3)nn12. The number of pyridine rings is 1. The summed E-state index contributed by atoms with van der Waals surface area (Å²) >= 11 is 0. The zero-order chi connectivity index (χ0) is 17.2. The number of nitrogens with one attached hydrogen (secondary N) is 1. The molecule has 0 aliphatic carbocycles. The fourth-order valence-corrected chi connectivity index (χ4v) is 3.03. The van der Waals surface area contributed by atoms with Gasteiger partial charge in [-0.25, -0.2) is 18.9 Å². The summed E-state index contributed by atoms with van der Waals surface area (Å²) in [5, 5.41) is 17.9. The maximum atomic E-state index is 13.7. The number of anilines is 2. The Balaban J connectivity index is 1.62. The van der Waals surface area contributed by atoms with Gasteiger partial charge in [-0.1, -0.05) is 6.07 Å². The highest BCUT2D eigenvalue weighted by atomic mass is 19.1. The monoisotopic (exact) mass is 342 g/mol. The highest BCUT2D eigenvalue weighted by Gasteiger charge is 2.21. The van der Waals surface area contributed by atoms with E-state index in [1.165, 1.54) is 0 Å². The third kappa shape index (κ3) is 3.25. The van der Waals surface area contributed by atoms with E-state index < -0.39 is 12.4 Å². The van der Waals surface area contributed by atoms with Gasteiger partial charge in [0.25, 0.3) is 0 Å². The Bertz CT molecular complexity index is 855. The third-order valence-electron chi connectivity index (χ3n) is 4.29. The summed E-state index contributed by atoms with van der Waals surface area (Å²) < 4.78 is 15.3. The molecule has 3 aromatic rings. The first-order chi connectivity index (χ1) is 12.2. The van der Waals surface area contributed by atoms with Crippen LogP contribution in [-0.4, -0.2) is 43.9 Å². The van der Waals surface area contributed by atoms with Gasteiger partial charge in [0.2, 0.25) is 0 Å². The number of hydrogen-bond donors (Lipinski definition) is 2. The molecule has 0 amide bonds. The highest BCUT2D eigenvalue weighted by Crippen LogP contribution is 2.22. The normalized spacial score (nSPS) is 19.1. The van der Waals surface area contributed by atoms with Crippen molar-refractivity contribution in [2.24, 2.45) is 0 Å². The number of halogens is 1. The summed E-state index contributed by atoms with van der Waals surface area (Å²) in [6, 6.07) is 9.05. The Hall–Kier alpha value is -2.74. The Morgan fingerprint density at radius 1 is 1.24 bits per heavy atom. The number of hydrogen-bond acceptors (Lipinski definition) is 6. The van der Waals surface area contributed by atoms with E-state index in [-0.39, 0.29) is 0 Å². The lowest BCUT2D eigenvalue weighted by atomic mass is 10.1. The van der Waals surface area contributed by atoms with Crippen LogP contribution in [0.15, 0.2) is 42.7 Å². The highest BCUT2D eigenvalue weighted by molar-refractivity contribution is 5.48. The van der Waals surface area contributed by atoms with Gasteiger partial charge in [-0.15, -0.1) is 5.10 Å². The lowest BCUT2D eigenvalue weighted by molar-refractivity contribution is 0.200. The molecule has 4 heterocycles. The Morgan fingerprint density at radius 2 is 2.16 bits per heavy atom. The van der Waals surface area contributed by atoms with Gasteiger partial charge < -0.3 is 15.3 Å². The lowest BCUT2D eigenvalue weighted by Gasteiger charge is -2.29. The zero-order valence-corrected chi connectivity index (χ0v) is 13.6. The van der Waals surface area contributed by atoms with Crippen LogP contribution in [0.5, 0.6) is 0 Å². The largest absolute Gasteiger partial charge is 0.368 e. The van der Waals surface area contributed by atoms with E-state index in [9.17, 15) is 9.50 Å². The molecule has 0 aromatic carbocycles. The summed E-state index contributed by atoms with van der Waals surface area (Å²) in [7, 11) is 0. The molecule has 1 aliphatic heterocycles. The number of fused-ring (bicyclic) bond motifs is 1. The molecule has 0 spiro atoms. The van der Waals surface area contributed by atoms with Gasteiger partial charge in [0.05, 0.1) is 12.7 Å². The van der Waals surface area contributed by atoms with Gasteiger partial charge in [0.15, 0.2) is 11.9 Å². The van der Waals surface area contributed by atoms with Crippen molar-refractivity contribution in [3.05, 3.63) is 48.4 Å². The molecule has 1 aliphatic rings. The van der Waals surface area contributed by atoms with Crippen molar-refractivity contribution in [1.29, 1.82) is 0 Å². The molecule has 3 aromatic heterocycles. The predicted molar refractivity (Wildman–Crippen MR) is 92.1 cm³/mol. The van der Waals surface area contributed by atoms with Crippen molar-refractivity contribution in [2.75, 3.05) is 23.3 Å². The van der Waals surface area contributed by atoms with Crippen molar-refractivity contribution in [3.63, 3.8) is 0 Å². The quantitative estimate of drug-likeness (QED) is 0.708. The molecule has 4 rings (SSSR count). The second-order valence-electron chi connectivity index (χ2n) is 6.09. The lowest BCUT2D eigenvalue weighted by Crippen LogP contribution is -2.37. The minimum Gasteiger partial charge on any atom is -0.368 e. The van der Waals surface area contributed by atoms with Gasteiger partial charge in [-0.3, -0.25) is 0 Å². The van der Waals surface area contributed by atoms with E-state index in [4.69, 9.17) is 0 Å². The van der Waals surface area contributed by atoms with E-state index >= 15 is 0 Å². The van der Waals surface area contributed by atoms with Crippen molar-refractivity contribution in [2.45, 2.75) is 25.2 Å². The number of rotatable bonds is 4. The molecular formula is C17H19FN6O. The number of alkyl halides is 1. The average Bonchev–Trinajstić information content (AvgIpc) is 3.06. The molecule has 2 N–H and O–H groups in total. The summed E-state index contributed by atoms with van der Waals surface area (Å²) in [5.41, 5.74) is 1.12. The molecule has 0 bridgehead atoms. The van der Waals surface area contributed by atoms with Crippen LogP contribution in [-0.2, 0) is 0 Å². The smallest absolute Gasteiger partial charge is 0.170 e. The number of aromatic nitrogens is 4. The molecular weight excluding hydrogens is 323 g/mol. The third-order valence-corrected chi connectivity index (χ3v) is 4.29. The van der Waals surface area contributed by atoms with Crippen LogP contribution in [0.1, 0.15) is 24.8 Å². The maximum absolute atomic E-state index is 13.7. The van der Waals surface area contributed by atoms with Gasteiger partial charge in [-0.2, -0.15) is 0 Å². The second kappa shape index (κ2) is 6.64. The number of aliphatic hydroxyl groups excluding tert-OH is 1. The number of piperidine rings is 1. The minimum atomic E-state index is -1.01. The van der Waals surface area contributed by atoms with E-state index in [2.05, 4.69) is 20.4 Å². The van der Waals surface area contributed by atoms with Crippen molar-refractivity contribution in [1.82, 2.24) is 19.6 Å². The molecule has 130 valence electrons. The average molecular weight is 342 g/mol. The summed E-state index contributed by atoms with van der Waals surface area (Å²) in [5.74, 6) is 1.23. The van der Waals surface area contributed by atoms with Crippen LogP contribution in [0.4, 0.5) is 16.0 Å². The molecule has 0 radical (unpaired) electrons. The Morgan fingerprint density at radius 3 is 2.96 bits per heavy atom. The standard InChI is InChI=1S/C17H19FN6O/c18-12-4-3-9-23(11-12)16-7-6-15-20-10-13(24(15)22-16)17(25)21-14-5-1-2-8-19-14/h1-2,5-8,10,12,17,25H,3-4,9,11H2,(H,19,21)/t12-,17?/m0/s1. The summed E-state index contributed by atoms with van der Waals surface area (Å²) in [4.78, 5) is 10.3. The summed E-state index contributed by atoms with van der Waals surface area (Å²) in [6.45, 7) is 1.12. The molecule has 0 saturated carbocycles. The molecule has 1 unspecified atom stereocenters. The van der Waals surface area contributed by atoms with Crippen molar-refractivity contribution < 1.29 is 9.50 Å². The number of aliphatic hydroxyl groups is 1. The fraction of sp³-hybridized carbons (Fsp3) is 0.353. The maximum Gasteiger partial charge on any atom is 0.170 e. The van der Waals surface area contributed by atoms with Gasteiger partial charge in [0.1, 0.15) is 23.5 Å². The van der Waals surface area contributed by atoms with Crippen LogP contribution < -0.4 is 10.2 Å². The molecule has 1 fully saturated rings. The molecule has 7 nitrogen and oxygen atoms in total. The number of imidazole rings is 1. The van der Waals surface area contributed by atoms with Crippen LogP contribution in [0.2, 0.25) is 0 Å². The fourth-order valence-electron chi connectivity index (χ4n) is 3.03. The number of nitrogens with zero attached hydrogens (tertiary/aromatic N) is 5. The van der Waals surface area contributed by atoms with Crippen LogP contribution in [0.25, 0.3) is 5.65 Å². The van der Waals surface area contributed by atoms with Crippen LogP contribution >= 0.6 is 0 Å². The van der Waals surface area contributed by atoms with Gasteiger partial charge >= 0.3 is 0 Å². The first-order valence-corrected chi connectivity index (χ1v) is 8.30. The van der Waals surface area contributed by atoms with E-state index in [0.29, 0.717) is 35.9 Å². The molecule has 2 atom stereocenters. The van der Waals surface area contributed by atoms with E-state index in [0.717, 1.165) is 13.0 Å². The van der Waals surface area contributed by atoms with Crippen LogP contribution in [0.3, 0.4) is 0 Å². The Labute approximate surface area is 144 Å². The van der Waals surface area contributed by atoms with E-state index in [1.54, 1.807) is 29.0 Å². The zero-order valence-electron chi connectivity index (χ0n) is 13.6. The topological polar surface area (TPSA) is 78.6 Å². The van der Waals surface area contributed by atoms with Crippen molar-refractivity contribution in [3.8, 4) is 0 Å². The summed E-state index contributed by atoms with van der Waals surface area (Å²) in [6.07, 6.45) is 2.78. The Kier molecular flexibility index (Phi) is 4.19. The van der Waals surface area contributed by atoms with Gasteiger partial charge in [-0.05, 0) is 37.1 Å². The van der Waals surface area contributed by atoms with Gasteiger partial charge in [0, 0.05) is 12.7 Å². The second-order valence-corrected chi connectivity index (χ2v) is 6.09. The minimum absolute atomic E-state index is 0.345. The van der Waals surface area contributed by atoms with Crippen molar-refractivity contribution >= 4 is 17.3 Å². The molecule has 25 heavy (non-hydrogen) atoms. The van der Waals surface area contributed by atoms with E-state index in [1.807, 2.05) is 23.1 Å².